The Labute approximate surface area is 104 Å². The van der Waals surface area contributed by atoms with Gasteiger partial charge in [-0.3, -0.25) is 5.32 Å². The maximum atomic E-state index is 12.0. The van der Waals surface area contributed by atoms with Crippen LogP contribution < -0.4 is 5.32 Å². The zero-order chi connectivity index (χ0) is 13.6. The summed E-state index contributed by atoms with van der Waals surface area (Å²) >= 11 is 0. The number of nitrogens with one attached hydrogen (secondary N) is 1. The van der Waals surface area contributed by atoms with Gasteiger partial charge in [0.05, 0.1) is 6.61 Å². The van der Waals surface area contributed by atoms with Crippen molar-refractivity contribution in [2.24, 2.45) is 0 Å². The number of carbonyl (C=O) groups is 1. The van der Waals surface area contributed by atoms with Crippen LogP contribution in [-0.4, -0.2) is 37.8 Å². The molecule has 1 rings (SSSR count). The Kier molecular flexibility index (Phi) is 5.18. The second-order valence-electron chi connectivity index (χ2n) is 3.73. The van der Waals surface area contributed by atoms with E-state index in [4.69, 9.17) is 4.74 Å². The maximum absolute atomic E-state index is 12.0. The summed E-state index contributed by atoms with van der Waals surface area (Å²) in [6.07, 6.45) is -2.62. The molecule has 0 saturated heterocycles. The summed E-state index contributed by atoms with van der Waals surface area (Å²) in [6.45, 7) is -1.16. The highest BCUT2D eigenvalue weighted by atomic mass is 19.3. The zero-order valence-electron chi connectivity index (χ0n) is 9.90. The average Bonchev–Trinajstić information content (AvgIpc) is 2.35. The quantitative estimate of drug-likeness (QED) is 0.778. The van der Waals surface area contributed by atoms with Crippen LogP contribution in [0.4, 0.5) is 8.78 Å². The molecular formula is C12H15F2NO3. The van der Waals surface area contributed by atoms with Gasteiger partial charge in [0.1, 0.15) is 6.61 Å². The molecule has 1 unspecified atom stereocenters. The van der Waals surface area contributed by atoms with Crippen molar-refractivity contribution in [2.75, 3.05) is 20.3 Å². The SMILES string of the molecule is CNC(COCC(F)F)(C(=O)O)c1ccccc1. The van der Waals surface area contributed by atoms with Gasteiger partial charge in [0.15, 0.2) is 5.54 Å². The fourth-order valence-corrected chi connectivity index (χ4v) is 1.62. The lowest BCUT2D eigenvalue weighted by atomic mass is 9.91. The minimum Gasteiger partial charge on any atom is -0.480 e. The highest BCUT2D eigenvalue weighted by Crippen LogP contribution is 2.22. The van der Waals surface area contributed by atoms with Crippen molar-refractivity contribution in [3.63, 3.8) is 0 Å². The van der Waals surface area contributed by atoms with E-state index in [0.29, 0.717) is 5.56 Å². The summed E-state index contributed by atoms with van der Waals surface area (Å²) in [4.78, 5) is 11.4. The normalized spacial score (nSPS) is 14.4. The first kappa shape index (κ1) is 14.5. The molecule has 2 N–H and O–H groups in total. The van der Waals surface area contributed by atoms with E-state index < -0.39 is 24.5 Å². The van der Waals surface area contributed by atoms with E-state index in [2.05, 4.69) is 5.32 Å². The highest BCUT2D eigenvalue weighted by molar-refractivity contribution is 5.81. The number of benzene rings is 1. The first-order chi connectivity index (χ1) is 8.53. The molecule has 0 bridgehead atoms. The first-order valence-electron chi connectivity index (χ1n) is 5.36. The lowest BCUT2D eigenvalue weighted by Crippen LogP contribution is -2.51. The molecular weight excluding hydrogens is 244 g/mol. The zero-order valence-corrected chi connectivity index (χ0v) is 9.90. The van der Waals surface area contributed by atoms with Gasteiger partial charge in [0.2, 0.25) is 0 Å². The van der Waals surface area contributed by atoms with Crippen LogP contribution in [0.2, 0.25) is 0 Å². The highest BCUT2D eigenvalue weighted by Gasteiger charge is 2.39. The van der Waals surface area contributed by atoms with Crippen molar-refractivity contribution >= 4 is 5.97 Å². The molecule has 1 atom stereocenters. The maximum Gasteiger partial charge on any atom is 0.330 e. The van der Waals surface area contributed by atoms with E-state index in [1.165, 1.54) is 7.05 Å². The number of carboxylic acid groups (broad SMARTS) is 1. The van der Waals surface area contributed by atoms with Gasteiger partial charge in [0, 0.05) is 0 Å². The van der Waals surface area contributed by atoms with Gasteiger partial charge < -0.3 is 9.84 Å². The number of alkyl halides is 2. The fourth-order valence-electron chi connectivity index (χ4n) is 1.62. The van der Waals surface area contributed by atoms with Crippen molar-refractivity contribution in [3.05, 3.63) is 35.9 Å². The molecule has 0 fully saturated rings. The predicted octanol–water partition coefficient (Wildman–Crippen LogP) is 1.47. The van der Waals surface area contributed by atoms with E-state index >= 15 is 0 Å². The summed E-state index contributed by atoms with van der Waals surface area (Å²) in [5, 5.41) is 11.9. The molecule has 1 aromatic rings. The smallest absolute Gasteiger partial charge is 0.330 e. The molecule has 0 heterocycles. The van der Waals surface area contributed by atoms with Crippen molar-refractivity contribution in [1.29, 1.82) is 0 Å². The minimum absolute atomic E-state index is 0.368. The Hall–Kier alpha value is -1.53. The first-order valence-corrected chi connectivity index (χ1v) is 5.36. The van der Waals surface area contributed by atoms with Crippen molar-refractivity contribution < 1.29 is 23.4 Å². The van der Waals surface area contributed by atoms with Crippen LogP contribution in [0.25, 0.3) is 0 Å². The monoisotopic (exact) mass is 259 g/mol. The van der Waals surface area contributed by atoms with Crippen LogP contribution in [0.5, 0.6) is 0 Å². The van der Waals surface area contributed by atoms with E-state index in [1.54, 1.807) is 30.3 Å². The van der Waals surface area contributed by atoms with E-state index in [-0.39, 0.29) is 6.61 Å². The van der Waals surface area contributed by atoms with Crippen molar-refractivity contribution in [3.8, 4) is 0 Å². The van der Waals surface area contributed by atoms with E-state index in [1.807, 2.05) is 0 Å². The molecule has 0 saturated carbocycles. The second kappa shape index (κ2) is 6.42. The summed E-state index contributed by atoms with van der Waals surface area (Å²) in [6, 6.07) is 8.31. The Morgan fingerprint density at radius 3 is 2.50 bits per heavy atom. The summed E-state index contributed by atoms with van der Waals surface area (Å²) in [5.41, 5.74) is -1.06. The van der Waals surface area contributed by atoms with Crippen LogP contribution in [-0.2, 0) is 15.1 Å². The van der Waals surface area contributed by atoms with Gasteiger partial charge in [-0.1, -0.05) is 30.3 Å². The van der Waals surface area contributed by atoms with Crippen LogP contribution in [0, 0.1) is 0 Å². The van der Waals surface area contributed by atoms with Gasteiger partial charge in [-0.05, 0) is 12.6 Å². The van der Waals surface area contributed by atoms with Gasteiger partial charge in [-0.15, -0.1) is 0 Å². The molecule has 4 nitrogen and oxygen atoms in total. The molecule has 0 aliphatic heterocycles. The standard InChI is InChI=1S/C12H15F2NO3/c1-15-12(11(16)17,8-18-7-10(13)14)9-5-3-2-4-6-9/h2-6,10,15H,7-8H2,1H3,(H,16,17). The van der Waals surface area contributed by atoms with Gasteiger partial charge >= 0.3 is 5.97 Å². The summed E-state index contributed by atoms with van der Waals surface area (Å²) in [5.74, 6) is -1.18. The molecule has 18 heavy (non-hydrogen) atoms. The molecule has 0 amide bonds. The molecule has 0 aromatic heterocycles. The number of halogens is 2. The fraction of sp³-hybridized carbons (Fsp3) is 0.417. The van der Waals surface area contributed by atoms with Gasteiger partial charge in [0.25, 0.3) is 6.43 Å². The Bertz CT molecular complexity index is 386. The molecule has 0 aliphatic rings. The third kappa shape index (κ3) is 3.24. The Morgan fingerprint density at radius 2 is 2.06 bits per heavy atom. The molecule has 0 aliphatic carbocycles. The summed E-state index contributed by atoms with van der Waals surface area (Å²) < 4.78 is 28.8. The third-order valence-corrected chi connectivity index (χ3v) is 2.62. The van der Waals surface area contributed by atoms with Crippen LogP contribution in [0.15, 0.2) is 30.3 Å². The van der Waals surface area contributed by atoms with Crippen LogP contribution in [0.3, 0.4) is 0 Å². The Balaban J connectivity index is 2.92. The number of carboxylic acids is 1. The summed E-state index contributed by atoms with van der Waals surface area (Å²) in [7, 11) is 1.45. The number of ether oxygens (including phenoxy) is 1. The van der Waals surface area contributed by atoms with Crippen LogP contribution in [0.1, 0.15) is 5.56 Å². The average molecular weight is 259 g/mol. The predicted molar refractivity (Wildman–Crippen MR) is 61.6 cm³/mol. The molecule has 0 radical (unpaired) electrons. The topological polar surface area (TPSA) is 58.6 Å². The third-order valence-electron chi connectivity index (χ3n) is 2.62. The number of hydrogen-bond acceptors (Lipinski definition) is 3. The van der Waals surface area contributed by atoms with Crippen LogP contribution >= 0.6 is 0 Å². The van der Waals surface area contributed by atoms with Crippen molar-refractivity contribution in [2.45, 2.75) is 12.0 Å². The molecule has 100 valence electrons. The number of aliphatic carboxylic acids is 1. The second-order valence-corrected chi connectivity index (χ2v) is 3.73. The number of hydrogen-bond donors (Lipinski definition) is 2. The van der Waals surface area contributed by atoms with E-state index in [0.717, 1.165) is 0 Å². The number of rotatable bonds is 7. The molecule has 0 spiro atoms. The van der Waals surface area contributed by atoms with E-state index in [9.17, 15) is 18.7 Å². The minimum atomic E-state index is -2.62. The molecule has 1 aromatic carbocycles. The largest absolute Gasteiger partial charge is 0.480 e. The van der Waals surface area contributed by atoms with Gasteiger partial charge in [-0.2, -0.15) is 0 Å². The molecule has 6 heteroatoms. The van der Waals surface area contributed by atoms with Crippen molar-refractivity contribution in [1.82, 2.24) is 5.32 Å². The lowest BCUT2D eigenvalue weighted by molar-refractivity contribution is -0.149. The lowest BCUT2D eigenvalue weighted by Gasteiger charge is -2.29. The Morgan fingerprint density at radius 1 is 1.44 bits per heavy atom. The number of likely N-dealkylation sites (N-methyl/N-ethyl adjacent to an activating group) is 1. The van der Waals surface area contributed by atoms with Gasteiger partial charge in [-0.25, -0.2) is 13.6 Å².